The van der Waals surface area contributed by atoms with E-state index < -0.39 is 24.3 Å². The zero-order valence-electron chi connectivity index (χ0n) is 16.8. The summed E-state index contributed by atoms with van der Waals surface area (Å²) < 4.78 is 17.9. The second-order valence-electron chi connectivity index (χ2n) is 6.91. The molecule has 3 aromatic rings. The highest BCUT2D eigenvalue weighted by Gasteiger charge is 2.18. The summed E-state index contributed by atoms with van der Waals surface area (Å²) in [6, 6.07) is 23.7. The Bertz CT molecular complexity index is 981. The molecule has 0 heterocycles. The molecule has 0 fully saturated rings. The SMILES string of the molecule is O=C(COC(=O)CCC(=O)c1ccc(F)cc1)NC(c1ccccc1)c1ccccc1. The lowest BCUT2D eigenvalue weighted by Crippen LogP contribution is -2.33. The highest BCUT2D eigenvalue weighted by atomic mass is 19.1. The molecule has 6 heteroatoms. The fourth-order valence-electron chi connectivity index (χ4n) is 3.07. The minimum Gasteiger partial charge on any atom is -0.456 e. The van der Waals surface area contributed by atoms with Gasteiger partial charge in [0, 0.05) is 12.0 Å². The summed E-state index contributed by atoms with van der Waals surface area (Å²) in [7, 11) is 0. The summed E-state index contributed by atoms with van der Waals surface area (Å²) in [6.45, 7) is -0.445. The number of hydrogen-bond acceptors (Lipinski definition) is 4. The third kappa shape index (κ3) is 6.60. The number of amides is 1. The first-order valence-corrected chi connectivity index (χ1v) is 9.86. The number of esters is 1. The molecule has 158 valence electrons. The fourth-order valence-corrected chi connectivity index (χ4v) is 3.07. The topological polar surface area (TPSA) is 72.5 Å². The molecule has 0 saturated carbocycles. The van der Waals surface area contributed by atoms with Crippen LogP contribution < -0.4 is 5.32 Å². The van der Waals surface area contributed by atoms with E-state index in [-0.39, 0.29) is 24.7 Å². The second kappa shape index (κ2) is 10.8. The standard InChI is InChI=1S/C25H22FNO4/c26-21-13-11-18(12-14-21)22(28)15-16-24(30)31-17-23(29)27-25(19-7-3-1-4-8-19)20-9-5-2-6-10-20/h1-14,25H,15-17H2,(H,27,29). The van der Waals surface area contributed by atoms with Gasteiger partial charge in [0.25, 0.3) is 5.91 Å². The molecule has 0 aromatic heterocycles. The van der Waals surface area contributed by atoms with Crippen molar-refractivity contribution in [2.24, 2.45) is 0 Å². The Morgan fingerprint density at radius 3 is 1.87 bits per heavy atom. The molecule has 0 radical (unpaired) electrons. The Kier molecular flexibility index (Phi) is 7.65. The maximum Gasteiger partial charge on any atom is 0.306 e. The molecule has 5 nitrogen and oxygen atoms in total. The van der Waals surface area contributed by atoms with Crippen LogP contribution in [0.4, 0.5) is 4.39 Å². The van der Waals surface area contributed by atoms with E-state index in [1.165, 1.54) is 24.3 Å². The Balaban J connectivity index is 1.51. The number of hydrogen-bond donors (Lipinski definition) is 1. The zero-order valence-corrected chi connectivity index (χ0v) is 16.8. The average Bonchev–Trinajstić information content (AvgIpc) is 2.81. The van der Waals surface area contributed by atoms with Crippen molar-refractivity contribution in [2.75, 3.05) is 6.61 Å². The summed E-state index contributed by atoms with van der Waals surface area (Å²) in [5.74, 6) is -1.83. The number of nitrogens with one attached hydrogen (secondary N) is 1. The summed E-state index contributed by atoms with van der Waals surface area (Å²) in [5, 5.41) is 2.88. The van der Waals surface area contributed by atoms with Crippen molar-refractivity contribution in [3.8, 4) is 0 Å². The summed E-state index contributed by atoms with van der Waals surface area (Å²) in [6.07, 6.45) is -0.243. The fraction of sp³-hybridized carbons (Fsp3) is 0.160. The largest absolute Gasteiger partial charge is 0.456 e. The molecule has 0 aliphatic heterocycles. The Morgan fingerprint density at radius 2 is 1.32 bits per heavy atom. The molecular formula is C25H22FNO4. The maximum atomic E-state index is 12.9. The van der Waals surface area contributed by atoms with Gasteiger partial charge in [0.2, 0.25) is 0 Å². The van der Waals surface area contributed by atoms with Gasteiger partial charge < -0.3 is 10.1 Å². The van der Waals surface area contributed by atoms with Gasteiger partial charge in [0.15, 0.2) is 12.4 Å². The number of Topliss-reactive ketones (excluding diaryl/α,β-unsaturated/α-hetero) is 1. The van der Waals surface area contributed by atoms with Gasteiger partial charge in [0.1, 0.15) is 5.82 Å². The third-order valence-corrected chi connectivity index (χ3v) is 4.66. The molecule has 0 aliphatic rings. The van der Waals surface area contributed by atoms with Gasteiger partial charge in [-0.1, -0.05) is 60.7 Å². The van der Waals surface area contributed by atoms with Gasteiger partial charge in [0.05, 0.1) is 12.5 Å². The number of ether oxygens (including phenoxy) is 1. The van der Waals surface area contributed by atoms with Crippen LogP contribution >= 0.6 is 0 Å². The second-order valence-corrected chi connectivity index (χ2v) is 6.91. The van der Waals surface area contributed by atoms with Crippen molar-refractivity contribution >= 4 is 17.7 Å². The van der Waals surface area contributed by atoms with E-state index >= 15 is 0 Å². The number of halogens is 1. The van der Waals surface area contributed by atoms with E-state index in [0.29, 0.717) is 5.56 Å². The van der Waals surface area contributed by atoms with Crippen molar-refractivity contribution in [3.63, 3.8) is 0 Å². The van der Waals surface area contributed by atoms with Gasteiger partial charge in [-0.05, 0) is 35.4 Å². The quantitative estimate of drug-likeness (QED) is 0.416. The predicted molar refractivity (Wildman–Crippen MR) is 114 cm³/mol. The summed E-state index contributed by atoms with van der Waals surface area (Å²) >= 11 is 0. The van der Waals surface area contributed by atoms with Crippen molar-refractivity contribution < 1.29 is 23.5 Å². The van der Waals surface area contributed by atoms with E-state index in [1.54, 1.807) is 0 Å². The van der Waals surface area contributed by atoms with Crippen LogP contribution in [-0.4, -0.2) is 24.3 Å². The molecule has 0 aliphatic carbocycles. The highest BCUT2D eigenvalue weighted by molar-refractivity contribution is 5.97. The Labute approximate surface area is 179 Å². The Hall–Kier alpha value is -3.80. The van der Waals surface area contributed by atoms with Crippen LogP contribution in [0, 0.1) is 5.82 Å². The molecule has 0 atom stereocenters. The van der Waals surface area contributed by atoms with Crippen LogP contribution in [0.15, 0.2) is 84.9 Å². The van der Waals surface area contributed by atoms with Crippen LogP contribution in [0.5, 0.6) is 0 Å². The summed E-state index contributed by atoms with van der Waals surface area (Å²) in [5.41, 5.74) is 2.12. The monoisotopic (exact) mass is 419 g/mol. The van der Waals surface area contributed by atoms with E-state index in [9.17, 15) is 18.8 Å². The molecule has 0 unspecified atom stereocenters. The Morgan fingerprint density at radius 1 is 0.774 bits per heavy atom. The van der Waals surface area contributed by atoms with Gasteiger partial charge in [-0.3, -0.25) is 14.4 Å². The van der Waals surface area contributed by atoms with E-state index in [1.807, 2.05) is 60.7 Å². The van der Waals surface area contributed by atoms with E-state index in [2.05, 4.69) is 5.32 Å². The van der Waals surface area contributed by atoms with Crippen LogP contribution in [0.1, 0.15) is 40.4 Å². The van der Waals surface area contributed by atoms with Gasteiger partial charge in [-0.15, -0.1) is 0 Å². The van der Waals surface area contributed by atoms with Crippen molar-refractivity contribution in [3.05, 3.63) is 107 Å². The number of benzene rings is 3. The highest BCUT2D eigenvalue weighted by Crippen LogP contribution is 2.21. The van der Waals surface area contributed by atoms with Crippen LogP contribution in [0.25, 0.3) is 0 Å². The molecule has 0 saturated heterocycles. The smallest absolute Gasteiger partial charge is 0.306 e. The molecule has 3 aromatic carbocycles. The molecule has 0 bridgehead atoms. The normalized spacial score (nSPS) is 10.5. The van der Waals surface area contributed by atoms with Crippen LogP contribution in [0.3, 0.4) is 0 Å². The van der Waals surface area contributed by atoms with Gasteiger partial charge in [-0.2, -0.15) is 0 Å². The van der Waals surface area contributed by atoms with E-state index in [4.69, 9.17) is 4.74 Å². The van der Waals surface area contributed by atoms with Crippen molar-refractivity contribution in [1.29, 1.82) is 0 Å². The minimum absolute atomic E-state index is 0.0806. The zero-order chi connectivity index (χ0) is 22.1. The van der Waals surface area contributed by atoms with Crippen LogP contribution in [-0.2, 0) is 14.3 Å². The maximum absolute atomic E-state index is 12.9. The molecule has 1 amide bonds. The predicted octanol–water partition coefficient (Wildman–Crippen LogP) is 4.24. The van der Waals surface area contributed by atoms with Crippen LogP contribution in [0.2, 0.25) is 0 Å². The lowest BCUT2D eigenvalue weighted by atomic mass is 9.99. The van der Waals surface area contributed by atoms with Crippen molar-refractivity contribution in [2.45, 2.75) is 18.9 Å². The van der Waals surface area contributed by atoms with Gasteiger partial charge in [-0.25, -0.2) is 4.39 Å². The number of carbonyl (C=O) groups excluding carboxylic acids is 3. The molecule has 1 N–H and O–H groups in total. The molecular weight excluding hydrogens is 397 g/mol. The lowest BCUT2D eigenvalue weighted by Gasteiger charge is -2.20. The number of rotatable bonds is 9. The molecule has 3 rings (SSSR count). The number of carbonyl (C=O) groups is 3. The average molecular weight is 419 g/mol. The first-order chi connectivity index (χ1) is 15.0. The minimum atomic E-state index is -0.651. The lowest BCUT2D eigenvalue weighted by molar-refractivity contribution is -0.148. The molecule has 0 spiro atoms. The summed E-state index contributed by atoms with van der Waals surface area (Å²) in [4.78, 5) is 36.4. The third-order valence-electron chi connectivity index (χ3n) is 4.66. The molecule has 31 heavy (non-hydrogen) atoms. The van der Waals surface area contributed by atoms with Crippen molar-refractivity contribution in [1.82, 2.24) is 5.32 Å². The van der Waals surface area contributed by atoms with E-state index in [0.717, 1.165) is 11.1 Å². The first-order valence-electron chi connectivity index (χ1n) is 9.86. The van der Waals surface area contributed by atoms with Gasteiger partial charge >= 0.3 is 5.97 Å². The number of ketones is 1. The first kappa shape index (κ1) is 21.9.